The second kappa shape index (κ2) is 7.27. The molecule has 2 aromatic rings. The minimum absolute atomic E-state index is 0.103. The fraction of sp³-hybridized carbons (Fsp3) is 0.350. The summed E-state index contributed by atoms with van der Waals surface area (Å²) in [5, 5.41) is 0. The maximum atomic E-state index is 13.2. The lowest BCUT2D eigenvalue weighted by atomic mass is 9.90. The Balaban J connectivity index is 1.53. The van der Waals surface area contributed by atoms with Crippen LogP contribution in [0.25, 0.3) is 0 Å². The molecule has 1 aromatic heterocycles. The first-order valence-corrected chi connectivity index (χ1v) is 9.07. The number of nitrogens with zero attached hydrogens (tertiary/aromatic N) is 3. The minimum atomic E-state index is -0.698. The van der Waals surface area contributed by atoms with Gasteiger partial charge in [-0.2, -0.15) is 0 Å². The van der Waals surface area contributed by atoms with Gasteiger partial charge in [-0.15, -0.1) is 0 Å². The molecule has 1 atom stereocenters. The van der Waals surface area contributed by atoms with Crippen molar-refractivity contribution in [2.75, 3.05) is 31.1 Å². The Morgan fingerprint density at radius 1 is 1.07 bits per heavy atom. The molecule has 1 spiro atoms. The van der Waals surface area contributed by atoms with Gasteiger partial charge in [0.1, 0.15) is 29.5 Å². The van der Waals surface area contributed by atoms with Crippen LogP contribution in [0.4, 0.5) is 14.5 Å². The van der Waals surface area contributed by atoms with Crippen LogP contribution in [0.15, 0.2) is 42.6 Å². The molecule has 0 aliphatic carbocycles. The number of hydrogen-bond acceptors (Lipinski definition) is 4. The summed E-state index contributed by atoms with van der Waals surface area (Å²) < 4.78 is 32.2. The van der Waals surface area contributed by atoms with Crippen LogP contribution in [0.5, 0.6) is 0 Å². The number of hydrogen-bond donors (Lipinski definition) is 0. The first kappa shape index (κ1) is 18.5. The van der Waals surface area contributed by atoms with Gasteiger partial charge < -0.3 is 14.5 Å². The summed E-state index contributed by atoms with van der Waals surface area (Å²) in [5.74, 6) is -1.38. The summed E-state index contributed by atoms with van der Waals surface area (Å²) in [4.78, 5) is 32.2. The van der Waals surface area contributed by atoms with Crippen molar-refractivity contribution in [1.82, 2.24) is 9.88 Å². The monoisotopic (exact) mass is 387 g/mol. The molecule has 2 amide bonds. The Hall–Kier alpha value is -2.87. The van der Waals surface area contributed by atoms with Crippen molar-refractivity contribution in [3.63, 3.8) is 0 Å². The SMILES string of the molecule is O=C(c1ccc(F)cn1)N1CCCC2(C1)CN(c1ccc(F)cc1)C(=O)CO2. The van der Waals surface area contributed by atoms with Crippen LogP contribution in [0.3, 0.4) is 0 Å². The van der Waals surface area contributed by atoms with E-state index in [0.717, 1.165) is 6.20 Å². The van der Waals surface area contributed by atoms with Gasteiger partial charge in [0.2, 0.25) is 0 Å². The summed E-state index contributed by atoms with van der Waals surface area (Å²) in [5.41, 5.74) is 0.0643. The van der Waals surface area contributed by atoms with Crippen LogP contribution in [0.1, 0.15) is 23.3 Å². The van der Waals surface area contributed by atoms with E-state index in [1.165, 1.54) is 24.3 Å². The van der Waals surface area contributed by atoms with E-state index in [9.17, 15) is 18.4 Å². The van der Waals surface area contributed by atoms with Crippen molar-refractivity contribution in [2.45, 2.75) is 18.4 Å². The number of amides is 2. The summed E-state index contributed by atoms with van der Waals surface area (Å²) >= 11 is 0. The van der Waals surface area contributed by atoms with E-state index in [0.29, 0.717) is 31.6 Å². The first-order chi connectivity index (χ1) is 13.5. The molecule has 2 aliphatic rings. The molecule has 146 valence electrons. The van der Waals surface area contributed by atoms with Gasteiger partial charge >= 0.3 is 0 Å². The van der Waals surface area contributed by atoms with Crippen molar-refractivity contribution in [1.29, 1.82) is 0 Å². The van der Waals surface area contributed by atoms with Gasteiger partial charge in [0.05, 0.1) is 19.3 Å². The van der Waals surface area contributed by atoms with Gasteiger partial charge in [0.15, 0.2) is 0 Å². The molecule has 0 N–H and O–H groups in total. The summed E-state index contributed by atoms with van der Waals surface area (Å²) in [6.45, 7) is 1.01. The summed E-state index contributed by atoms with van der Waals surface area (Å²) in [6, 6.07) is 8.28. The average Bonchev–Trinajstić information content (AvgIpc) is 2.71. The highest BCUT2D eigenvalue weighted by molar-refractivity contribution is 5.95. The Bertz CT molecular complexity index is 889. The van der Waals surface area contributed by atoms with E-state index < -0.39 is 11.4 Å². The van der Waals surface area contributed by atoms with Crippen LogP contribution in [-0.2, 0) is 9.53 Å². The molecule has 3 heterocycles. The Morgan fingerprint density at radius 3 is 2.54 bits per heavy atom. The number of aromatic nitrogens is 1. The predicted octanol–water partition coefficient (Wildman–Crippen LogP) is 2.40. The zero-order chi connectivity index (χ0) is 19.7. The molecule has 2 saturated heterocycles. The van der Waals surface area contributed by atoms with E-state index in [2.05, 4.69) is 4.98 Å². The molecule has 6 nitrogen and oxygen atoms in total. The molecule has 0 saturated carbocycles. The fourth-order valence-corrected chi connectivity index (χ4v) is 3.75. The summed E-state index contributed by atoms with van der Waals surface area (Å²) in [7, 11) is 0. The smallest absolute Gasteiger partial charge is 0.272 e. The topological polar surface area (TPSA) is 62.7 Å². The molecular weight excluding hydrogens is 368 g/mol. The third kappa shape index (κ3) is 3.60. The number of rotatable bonds is 2. The number of carbonyl (C=O) groups excluding carboxylic acids is 2. The Kier molecular flexibility index (Phi) is 4.80. The van der Waals surface area contributed by atoms with Crippen LogP contribution in [-0.4, -0.2) is 53.5 Å². The second-order valence-electron chi connectivity index (χ2n) is 7.12. The van der Waals surface area contributed by atoms with Crippen LogP contribution >= 0.6 is 0 Å². The van der Waals surface area contributed by atoms with Crippen molar-refractivity contribution < 1.29 is 23.1 Å². The van der Waals surface area contributed by atoms with Crippen molar-refractivity contribution in [3.05, 3.63) is 59.9 Å². The molecule has 0 radical (unpaired) electrons. The third-order valence-corrected chi connectivity index (χ3v) is 5.16. The van der Waals surface area contributed by atoms with Gasteiger partial charge in [0, 0.05) is 12.2 Å². The zero-order valence-corrected chi connectivity index (χ0v) is 15.1. The van der Waals surface area contributed by atoms with Crippen LogP contribution in [0.2, 0.25) is 0 Å². The second-order valence-corrected chi connectivity index (χ2v) is 7.12. The molecule has 2 fully saturated rings. The van der Waals surface area contributed by atoms with E-state index >= 15 is 0 Å². The van der Waals surface area contributed by atoms with Crippen molar-refractivity contribution in [2.24, 2.45) is 0 Å². The van der Waals surface area contributed by atoms with Crippen LogP contribution in [0, 0.1) is 11.6 Å². The van der Waals surface area contributed by atoms with Gasteiger partial charge in [-0.1, -0.05) is 0 Å². The number of morpholine rings is 1. The minimum Gasteiger partial charge on any atom is -0.361 e. The maximum Gasteiger partial charge on any atom is 0.272 e. The lowest BCUT2D eigenvalue weighted by Gasteiger charge is -2.47. The number of halogens is 2. The molecule has 28 heavy (non-hydrogen) atoms. The van der Waals surface area contributed by atoms with E-state index in [1.54, 1.807) is 21.9 Å². The molecular formula is C20H19F2N3O3. The van der Waals surface area contributed by atoms with E-state index in [1.807, 2.05) is 0 Å². The third-order valence-electron chi connectivity index (χ3n) is 5.16. The average molecular weight is 387 g/mol. The van der Waals surface area contributed by atoms with Crippen molar-refractivity contribution >= 4 is 17.5 Å². The Morgan fingerprint density at radius 2 is 1.82 bits per heavy atom. The van der Waals surface area contributed by atoms with Gasteiger partial charge in [-0.05, 0) is 49.2 Å². The first-order valence-electron chi connectivity index (χ1n) is 9.07. The molecule has 2 aliphatic heterocycles. The number of pyridine rings is 1. The highest BCUT2D eigenvalue weighted by Crippen LogP contribution is 2.32. The Labute approximate surface area is 160 Å². The van der Waals surface area contributed by atoms with Gasteiger partial charge in [-0.25, -0.2) is 13.8 Å². The number of carbonyl (C=O) groups is 2. The molecule has 1 unspecified atom stereocenters. The number of benzene rings is 1. The van der Waals surface area contributed by atoms with Crippen molar-refractivity contribution in [3.8, 4) is 0 Å². The molecule has 0 bridgehead atoms. The lowest BCUT2D eigenvalue weighted by molar-refractivity contribution is -0.144. The number of anilines is 1. The predicted molar refractivity (Wildman–Crippen MR) is 96.8 cm³/mol. The number of piperidine rings is 1. The highest BCUT2D eigenvalue weighted by Gasteiger charge is 2.44. The lowest BCUT2D eigenvalue weighted by Crippen LogP contribution is -2.62. The highest BCUT2D eigenvalue weighted by atomic mass is 19.1. The normalized spacial score (nSPS) is 22.6. The van der Waals surface area contributed by atoms with Gasteiger partial charge in [-0.3, -0.25) is 9.59 Å². The standard InChI is InChI=1S/C20H19F2N3O3/c21-14-2-5-16(6-3-14)25-13-20(28-11-18(25)26)8-1-9-24(12-20)19(27)17-7-4-15(22)10-23-17/h2-7,10H,1,8-9,11-13H2. The fourth-order valence-electron chi connectivity index (χ4n) is 3.75. The molecule has 1 aromatic carbocycles. The largest absolute Gasteiger partial charge is 0.361 e. The van der Waals surface area contributed by atoms with Gasteiger partial charge in [0.25, 0.3) is 11.8 Å². The zero-order valence-electron chi connectivity index (χ0n) is 15.1. The maximum absolute atomic E-state index is 13.2. The van der Waals surface area contributed by atoms with E-state index in [-0.39, 0.29) is 36.5 Å². The number of likely N-dealkylation sites (tertiary alicyclic amines) is 1. The molecule has 8 heteroatoms. The van der Waals surface area contributed by atoms with E-state index in [4.69, 9.17) is 4.74 Å². The summed E-state index contributed by atoms with van der Waals surface area (Å²) in [6.07, 6.45) is 2.41. The number of ether oxygens (including phenoxy) is 1. The molecule has 4 rings (SSSR count). The quantitative estimate of drug-likeness (QED) is 0.794. The van der Waals surface area contributed by atoms with Crippen LogP contribution < -0.4 is 4.90 Å².